The van der Waals surface area contributed by atoms with Crippen LogP contribution in [0.15, 0.2) is 41.5 Å². The van der Waals surface area contributed by atoms with Crippen LogP contribution in [-0.2, 0) is 13.6 Å². The van der Waals surface area contributed by atoms with Crippen LogP contribution in [-0.4, -0.2) is 15.0 Å². The summed E-state index contributed by atoms with van der Waals surface area (Å²) in [7, 11) is 1.68. The zero-order chi connectivity index (χ0) is 12.4. The van der Waals surface area contributed by atoms with Gasteiger partial charge in [-0.05, 0) is 11.6 Å². The van der Waals surface area contributed by atoms with E-state index in [1.807, 2.05) is 6.07 Å². The van der Waals surface area contributed by atoms with Gasteiger partial charge in [-0.15, -0.1) is 0 Å². The molecular formula is C12H13N3O2. The van der Waals surface area contributed by atoms with E-state index in [2.05, 4.69) is 0 Å². The molecule has 0 bridgehead atoms. The van der Waals surface area contributed by atoms with Gasteiger partial charge in [0.1, 0.15) is 0 Å². The maximum atomic E-state index is 11.7. The van der Waals surface area contributed by atoms with Crippen LogP contribution in [0.1, 0.15) is 15.9 Å². The topological polar surface area (TPSA) is 70.0 Å². The summed E-state index contributed by atoms with van der Waals surface area (Å²) in [6, 6.07) is 7.01. The van der Waals surface area contributed by atoms with E-state index in [-0.39, 0.29) is 5.69 Å². The van der Waals surface area contributed by atoms with E-state index < -0.39 is 5.91 Å². The number of primary amides is 1. The number of aromatic nitrogens is 2. The van der Waals surface area contributed by atoms with Crippen LogP contribution in [0.3, 0.4) is 0 Å². The van der Waals surface area contributed by atoms with Crippen molar-refractivity contribution >= 4 is 5.91 Å². The second kappa shape index (κ2) is 4.29. The highest BCUT2D eigenvalue weighted by Gasteiger charge is 2.08. The Morgan fingerprint density at radius 3 is 2.59 bits per heavy atom. The first kappa shape index (κ1) is 11.2. The normalized spacial score (nSPS) is 10.4. The minimum absolute atomic E-state index is 0.121. The fourth-order valence-electron chi connectivity index (χ4n) is 1.71. The second-order valence-corrected chi connectivity index (χ2v) is 3.84. The maximum Gasteiger partial charge on any atom is 0.328 e. The number of carbonyl (C=O) groups is 1. The van der Waals surface area contributed by atoms with Gasteiger partial charge in [-0.25, -0.2) is 4.79 Å². The van der Waals surface area contributed by atoms with Crippen LogP contribution in [0.25, 0.3) is 0 Å². The van der Waals surface area contributed by atoms with Crippen LogP contribution in [0.5, 0.6) is 0 Å². The lowest BCUT2D eigenvalue weighted by atomic mass is 10.1. The highest BCUT2D eigenvalue weighted by molar-refractivity contribution is 5.94. The van der Waals surface area contributed by atoms with Gasteiger partial charge in [-0.1, -0.05) is 18.2 Å². The number of nitrogens with zero attached hydrogens (tertiary/aromatic N) is 2. The minimum Gasteiger partial charge on any atom is -0.366 e. The molecule has 0 atom stereocenters. The van der Waals surface area contributed by atoms with Gasteiger partial charge in [0.15, 0.2) is 0 Å². The van der Waals surface area contributed by atoms with Crippen molar-refractivity contribution in [2.75, 3.05) is 0 Å². The first-order chi connectivity index (χ1) is 8.09. The number of imidazole rings is 1. The summed E-state index contributed by atoms with van der Waals surface area (Å²) in [6.45, 7) is 0.346. The number of carbonyl (C=O) groups excluding carboxylic acids is 1. The zero-order valence-electron chi connectivity index (χ0n) is 9.46. The van der Waals surface area contributed by atoms with Gasteiger partial charge in [0.25, 0.3) is 0 Å². The van der Waals surface area contributed by atoms with Gasteiger partial charge in [0, 0.05) is 25.0 Å². The van der Waals surface area contributed by atoms with Crippen molar-refractivity contribution in [3.8, 4) is 0 Å². The average Bonchev–Trinajstić information content (AvgIpc) is 2.61. The summed E-state index contributed by atoms with van der Waals surface area (Å²) in [5.74, 6) is -0.482. The molecule has 2 aromatic rings. The molecule has 0 unspecified atom stereocenters. The highest BCUT2D eigenvalue weighted by atomic mass is 16.2. The summed E-state index contributed by atoms with van der Waals surface area (Å²) >= 11 is 0. The lowest BCUT2D eigenvalue weighted by molar-refractivity contribution is 0.0999. The molecule has 1 amide bonds. The highest BCUT2D eigenvalue weighted by Crippen LogP contribution is 2.09. The van der Waals surface area contributed by atoms with Crippen molar-refractivity contribution in [3.05, 3.63) is 58.3 Å². The quantitative estimate of drug-likeness (QED) is 0.827. The van der Waals surface area contributed by atoms with Crippen molar-refractivity contribution < 1.29 is 4.79 Å². The number of amides is 1. The van der Waals surface area contributed by atoms with E-state index in [4.69, 9.17) is 5.73 Å². The van der Waals surface area contributed by atoms with Crippen LogP contribution in [0.4, 0.5) is 0 Å². The standard InChI is InChI=1S/C12H13N3O2/c1-14-6-7-15(12(14)17)8-9-4-2-3-5-10(9)11(13)16/h2-7H,8H2,1H3,(H2,13,16). The van der Waals surface area contributed by atoms with Crippen molar-refractivity contribution in [3.63, 3.8) is 0 Å². The third-order valence-electron chi connectivity index (χ3n) is 2.64. The minimum atomic E-state index is -0.482. The number of hydrogen-bond donors (Lipinski definition) is 1. The van der Waals surface area contributed by atoms with Crippen molar-refractivity contribution in [2.45, 2.75) is 6.54 Å². The lowest BCUT2D eigenvalue weighted by Crippen LogP contribution is -2.23. The first-order valence-electron chi connectivity index (χ1n) is 5.19. The van der Waals surface area contributed by atoms with Gasteiger partial charge in [-0.2, -0.15) is 0 Å². The van der Waals surface area contributed by atoms with Crippen molar-refractivity contribution in [1.29, 1.82) is 0 Å². The third-order valence-corrected chi connectivity index (χ3v) is 2.64. The Bertz CT molecular complexity index is 610. The number of rotatable bonds is 3. The molecule has 0 radical (unpaired) electrons. The van der Waals surface area contributed by atoms with Crippen molar-refractivity contribution in [1.82, 2.24) is 9.13 Å². The molecule has 2 N–H and O–H groups in total. The molecule has 5 nitrogen and oxygen atoms in total. The second-order valence-electron chi connectivity index (χ2n) is 3.84. The Labute approximate surface area is 98.1 Å². The monoisotopic (exact) mass is 231 g/mol. The van der Waals surface area contributed by atoms with Gasteiger partial charge < -0.3 is 10.3 Å². The van der Waals surface area contributed by atoms with Gasteiger partial charge in [-0.3, -0.25) is 9.36 Å². The fraction of sp³-hybridized carbons (Fsp3) is 0.167. The molecule has 0 saturated carbocycles. The van der Waals surface area contributed by atoms with E-state index in [0.717, 1.165) is 5.56 Å². The Morgan fingerprint density at radius 2 is 2.00 bits per heavy atom. The molecule has 1 heterocycles. The molecule has 0 aliphatic rings. The smallest absolute Gasteiger partial charge is 0.328 e. The van der Waals surface area contributed by atoms with Crippen LogP contribution < -0.4 is 11.4 Å². The molecule has 0 spiro atoms. The number of hydrogen-bond acceptors (Lipinski definition) is 2. The van der Waals surface area contributed by atoms with Crippen LogP contribution in [0.2, 0.25) is 0 Å². The molecule has 0 fully saturated rings. The molecule has 1 aromatic carbocycles. The SMILES string of the molecule is Cn1ccn(Cc2ccccc2C(N)=O)c1=O. The maximum absolute atomic E-state index is 11.7. The zero-order valence-corrected chi connectivity index (χ0v) is 9.46. The van der Waals surface area contributed by atoms with Crippen LogP contribution in [0, 0.1) is 0 Å². The molecular weight excluding hydrogens is 218 g/mol. The Morgan fingerprint density at radius 1 is 1.29 bits per heavy atom. The fourth-order valence-corrected chi connectivity index (χ4v) is 1.71. The third kappa shape index (κ3) is 2.13. The summed E-state index contributed by atoms with van der Waals surface area (Å²) in [5.41, 5.74) is 6.35. The van der Waals surface area contributed by atoms with E-state index in [9.17, 15) is 9.59 Å². The number of benzene rings is 1. The molecule has 0 saturated heterocycles. The number of aryl methyl sites for hydroxylation is 1. The molecule has 1 aromatic heterocycles. The lowest BCUT2D eigenvalue weighted by Gasteiger charge is -2.06. The van der Waals surface area contributed by atoms with E-state index >= 15 is 0 Å². The Balaban J connectivity index is 2.40. The summed E-state index contributed by atoms with van der Waals surface area (Å²) in [6.07, 6.45) is 3.36. The molecule has 0 aliphatic carbocycles. The van der Waals surface area contributed by atoms with E-state index in [1.54, 1.807) is 37.6 Å². The van der Waals surface area contributed by atoms with Gasteiger partial charge >= 0.3 is 5.69 Å². The first-order valence-corrected chi connectivity index (χ1v) is 5.19. The summed E-state index contributed by atoms with van der Waals surface area (Å²) < 4.78 is 3.01. The molecule has 2 rings (SSSR count). The summed E-state index contributed by atoms with van der Waals surface area (Å²) in [4.78, 5) is 22.9. The molecule has 88 valence electrons. The van der Waals surface area contributed by atoms with Crippen molar-refractivity contribution in [2.24, 2.45) is 12.8 Å². The molecule has 5 heteroatoms. The van der Waals surface area contributed by atoms with Gasteiger partial charge in [0.2, 0.25) is 5.91 Å². The number of nitrogens with two attached hydrogens (primary N) is 1. The molecule has 0 aliphatic heterocycles. The van der Waals surface area contributed by atoms with Crippen LogP contribution >= 0.6 is 0 Å². The molecule has 17 heavy (non-hydrogen) atoms. The Hall–Kier alpha value is -2.30. The van der Waals surface area contributed by atoms with E-state index in [1.165, 1.54) is 9.13 Å². The summed E-state index contributed by atoms with van der Waals surface area (Å²) in [5, 5.41) is 0. The average molecular weight is 231 g/mol. The predicted molar refractivity (Wildman–Crippen MR) is 63.7 cm³/mol. The van der Waals surface area contributed by atoms with E-state index in [0.29, 0.717) is 12.1 Å². The van der Waals surface area contributed by atoms with Gasteiger partial charge in [0.05, 0.1) is 6.54 Å². The Kier molecular flexibility index (Phi) is 2.82. The predicted octanol–water partition coefficient (Wildman–Crippen LogP) is 0.334. The largest absolute Gasteiger partial charge is 0.366 e.